The van der Waals surface area contributed by atoms with Gasteiger partial charge in [0.05, 0.1) is 11.4 Å². The number of halogens is 1. The van der Waals surface area contributed by atoms with Gasteiger partial charge in [0.15, 0.2) is 5.56 Å². The molecule has 156 valence electrons. The molecule has 30 heavy (non-hydrogen) atoms. The Morgan fingerprint density at radius 1 is 1.13 bits per heavy atom. The fourth-order valence-electron chi connectivity index (χ4n) is 3.52. The molecule has 0 aliphatic heterocycles. The Morgan fingerprint density at radius 2 is 1.80 bits per heavy atom. The Morgan fingerprint density at radius 3 is 2.43 bits per heavy atom. The van der Waals surface area contributed by atoms with Crippen molar-refractivity contribution < 1.29 is 4.39 Å². The summed E-state index contributed by atoms with van der Waals surface area (Å²) in [6.45, 7) is 0.525. The molecule has 2 heterocycles. The number of aryl methyl sites for hydroxylation is 2. The summed E-state index contributed by atoms with van der Waals surface area (Å²) in [6.07, 6.45) is 1.37. The van der Waals surface area contributed by atoms with Crippen LogP contribution in [0.3, 0.4) is 0 Å². The van der Waals surface area contributed by atoms with Gasteiger partial charge in [-0.2, -0.15) is 10.4 Å². The van der Waals surface area contributed by atoms with Crippen LogP contribution in [0.5, 0.6) is 0 Å². The summed E-state index contributed by atoms with van der Waals surface area (Å²) in [5.41, 5.74) is 1.51. The molecule has 0 fully saturated rings. The molecule has 1 aromatic carbocycles. The quantitative estimate of drug-likeness (QED) is 0.615. The minimum atomic E-state index is -0.601. The van der Waals surface area contributed by atoms with E-state index in [1.165, 1.54) is 23.7 Å². The largest absolute Gasteiger partial charge is 0.360 e. The SMILES string of the molecule is CN(CCCc1cc(-c2ccc(F)cc2)n(C)n1)c1c(C#N)c(=O)n(C)c(=O)n1C. The van der Waals surface area contributed by atoms with Gasteiger partial charge < -0.3 is 4.90 Å². The Labute approximate surface area is 173 Å². The first-order valence-electron chi connectivity index (χ1n) is 9.44. The van der Waals surface area contributed by atoms with E-state index in [1.807, 2.05) is 19.2 Å². The molecule has 8 nitrogen and oxygen atoms in total. The van der Waals surface area contributed by atoms with Gasteiger partial charge in [-0.15, -0.1) is 0 Å². The average molecular weight is 410 g/mol. The topological polar surface area (TPSA) is 88.8 Å². The Kier molecular flexibility index (Phi) is 5.87. The van der Waals surface area contributed by atoms with Crippen molar-refractivity contribution in [3.63, 3.8) is 0 Å². The molecule has 0 saturated carbocycles. The van der Waals surface area contributed by atoms with Crippen molar-refractivity contribution in [2.45, 2.75) is 12.8 Å². The lowest BCUT2D eigenvalue weighted by Gasteiger charge is -2.23. The van der Waals surface area contributed by atoms with E-state index >= 15 is 0 Å². The molecule has 0 unspecified atom stereocenters. The van der Waals surface area contributed by atoms with E-state index in [9.17, 15) is 19.2 Å². The number of aromatic nitrogens is 4. The van der Waals surface area contributed by atoms with Crippen LogP contribution in [-0.4, -0.2) is 32.5 Å². The van der Waals surface area contributed by atoms with Gasteiger partial charge in [-0.3, -0.25) is 18.6 Å². The van der Waals surface area contributed by atoms with Crippen LogP contribution in [0.15, 0.2) is 39.9 Å². The van der Waals surface area contributed by atoms with Gasteiger partial charge in [0.2, 0.25) is 0 Å². The molecule has 0 radical (unpaired) electrons. The van der Waals surface area contributed by atoms with E-state index in [0.717, 1.165) is 21.5 Å². The smallest absolute Gasteiger partial charge is 0.332 e. The van der Waals surface area contributed by atoms with Gasteiger partial charge >= 0.3 is 5.69 Å². The maximum atomic E-state index is 13.2. The van der Waals surface area contributed by atoms with Crippen LogP contribution in [-0.2, 0) is 27.6 Å². The second-order valence-electron chi connectivity index (χ2n) is 7.19. The Hall–Kier alpha value is -3.67. The summed E-state index contributed by atoms with van der Waals surface area (Å²) in [7, 11) is 6.48. The van der Waals surface area contributed by atoms with Gasteiger partial charge in [0.25, 0.3) is 5.56 Å². The number of hydrogen-bond donors (Lipinski definition) is 0. The lowest BCUT2D eigenvalue weighted by molar-refractivity contribution is 0.628. The highest BCUT2D eigenvalue weighted by Crippen LogP contribution is 2.21. The zero-order valence-corrected chi connectivity index (χ0v) is 17.4. The highest BCUT2D eigenvalue weighted by Gasteiger charge is 2.18. The highest BCUT2D eigenvalue weighted by molar-refractivity contribution is 5.60. The molecular formula is C21H23FN6O2. The number of nitrogens with zero attached hydrogens (tertiary/aromatic N) is 6. The van der Waals surface area contributed by atoms with Crippen LogP contribution in [0.2, 0.25) is 0 Å². The zero-order valence-electron chi connectivity index (χ0n) is 17.4. The number of benzene rings is 1. The molecule has 0 spiro atoms. The number of anilines is 1. The van der Waals surface area contributed by atoms with E-state index in [2.05, 4.69) is 5.10 Å². The number of hydrogen-bond acceptors (Lipinski definition) is 5. The third-order valence-electron chi connectivity index (χ3n) is 5.10. The second-order valence-corrected chi connectivity index (χ2v) is 7.19. The van der Waals surface area contributed by atoms with Crippen LogP contribution in [0.4, 0.5) is 10.2 Å². The van der Waals surface area contributed by atoms with Crippen LogP contribution >= 0.6 is 0 Å². The normalized spacial score (nSPS) is 10.8. The van der Waals surface area contributed by atoms with Gasteiger partial charge in [0, 0.05) is 34.7 Å². The molecule has 0 N–H and O–H groups in total. The second kappa shape index (κ2) is 8.37. The predicted octanol–water partition coefficient (Wildman–Crippen LogP) is 1.56. The first kappa shape index (κ1) is 21.0. The molecule has 0 aliphatic carbocycles. The van der Waals surface area contributed by atoms with Crippen LogP contribution < -0.4 is 16.1 Å². The van der Waals surface area contributed by atoms with Crippen molar-refractivity contribution in [3.8, 4) is 17.3 Å². The summed E-state index contributed by atoms with van der Waals surface area (Å²) in [6, 6.07) is 10.1. The lowest BCUT2D eigenvalue weighted by atomic mass is 10.1. The van der Waals surface area contributed by atoms with Crippen molar-refractivity contribution in [2.24, 2.45) is 21.1 Å². The molecule has 0 aliphatic rings. The number of nitriles is 1. The first-order valence-corrected chi connectivity index (χ1v) is 9.44. The molecule has 2 aromatic heterocycles. The predicted molar refractivity (Wildman–Crippen MR) is 112 cm³/mol. The van der Waals surface area contributed by atoms with E-state index in [1.54, 1.807) is 35.8 Å². The third-order valence-corrected chi connectivity index (χ3v) is 5.10. The van der Waals surface area contributed by atoms with Crippen molar-refractivity contribution >= 4 is 5.82 Å². The van der Waals surface area contributed by atoms with Crippen LogP contribution in [0.1, 0.15) is 17.7 Å². The average Bonchev–Trinajstić information content (AvgIpc) is 3.09. The fourth-order valence-corrected chi connectivity index (χ4v) is 3.52. The van der Waals surface area contributed by atoms with Crippen molar-refractivity contribution in [3.05, 3.63) is 68.2 Å². The molecule has 3 rings (SSSR count). The lowest BCUT2D eigenvalue weighted by Crippen LogP contribution is -2.42. The molecule has 9 heteroatoms. The monoisotopic (exact) mass is 410 g/mol. The Balaban J connectivity index is 1.75. The minimum absolute atomic E-state index is 0.0569. The molecule has 0 amide bonds. The summed E-state index contributed by atoms with van der Waals surface area (Å²) < 4.78 is 17.2. The van der Waals surface area contributed by atoms with Gasteiger partial charge in [-0.25, -0.2) is 9.18 Å². The van der Waals surface area contributed by atoms with Crippen molar-refractivity contribution in [1.82, 2.24) is 18.9 Å². The highest BCUT2D eigenvalue weighted by atomic mass is 19.1. The molecule has 3 aromatic rings. The zero-order chi connectivity index (χ0) is 22.0. The van der Waals surface area contributed by atoms with Crippen molar-refractivity contribution in [1.29, 1.82) is 5.26 Å². The maximum absolute atomic E-state index is 13.2. The fraction of sp³-hybridized carbons (Fsp3) is 0.333. The summed E-state index contributed by atoms with van der Waals surface area (Å²) in [5, 5.41) is 13.9. The Bertz CT molecular complexity index is 1230. The minimum Gasteiger partial charge on any atom is -0.360 e. The van der Waals surface area contributed by atoms with E-state index in [-0.39, 0.29) is 11.4 Å². The molecule has 0 saturated heterocycles. The molecular weight excluding hydrogens is 387 g/mol. The first-order chi connectivity index (χ1) is 14.2. The van der Waals surface area contributed by atoms with E-state index < -0.39 is 11.2 Å². The van der Waals surface area contributed by atoms with Crippen LogP contribution in [0.25, 0.3) is 11.3 Å². The summed E-state index contributed by atoms with van der Waals surface area (Å²) in [5.74, 6) is 0.0182. The van der Waals surface area contributed by atoms with Crippen molar-refractivity contribution in [2.75, 3.05) is 18.5 Å². The summed E-state index contributed by atoms with van der Waals surface area (Å²) in [4.78, 5) is 26.2. The molecule has 0 atom stereocenters. The van der Waals surface area contributed by atoms with Gasteiger partial charge in [-0.1, -0.05) is 0 Å². The third kappa shape index (κ3) is 3.89. The standard InChI is InChI=1S/C21H23FN6O2/c1-25(19-17(13-23)20(29)27(3)21(30)26(19)2)11-5-6-16-12-18(28(4)24-16)14-7-9-15(22)10-8-14/h7-10,12H,5-6,11H2,1-4H3. The number of rotatable bonds is 6. The van der Waals surface area contributed by atoms with Crippen LogP contribution in [0, 0.1) is 17.1 Å². The van der Waals surface area contributed by atoms with E-state index in [0.29, 0.717) is 25.2 Å². The maximum Gasteiger partial charge on any atom is 0.332 e. The van der Waals surface area contributed by atoms with Gasteiger partial charge in [0.1, 0.15) is 17.7 Å². The van der Waals surface area contributed by atoms with Gasteiger partial charge in [-0.05, 0) is 48.7 Å². The summed E-state index contributed by atoms with van der Waals surface area (Å²) >= 11 is 0. The molecule has 0 bridgehead atoms. The van der Waals surface area contributed by atoms with E-state index in [4.69, 9.17) is 0 Å².